The van der Waals surface area contributed by atoms with Crippen LogP contribution in [0, 0.1) is 0 Å². The lowest BCUT2D eigenvalue weighted by Gasteiger charge is -2.48. The summed E-state index contributed by atoms with van der Waals surface area (Å²) >= 11 is 0. The van der Waals surface area contributed by atoms with Gasteiger partial charge in [0.1, 0.15) is 73.2 Å². The molecule has 3 heterocycles. The molecule has 0 saturated carbocycles. The van der Waals surface area contributed by atoms with Crippen LogP contribution >= 0.6 is 0 Å². The Morgan fingerprint density at radius 3 is 1.23 bits per heavy atom. The Morgan fingerprint density at radius 2 is 0.769 bits per heavy atom. The first-order valence-electron chi connectivity index (χ1n) is 34.6. The average molecular weight is 1290 g/mol. The fraction of sp³-hybridized carbons (Fsp3) is 0.736. The number of allylic oxidation sites excluding steroid dienone is 17. The molecule has 12 N–H and O–H groups in total. The summed E-state index contributed by atoms with van der Waals surface area (Å²) in [6, 6.07) is -1.00. The lowest BCUT2D eigenvalue weighted by atomic mass is 9.96. The fourth-order valence-electron chi connectivity index (χ4n) is 10.9. The predicted octanol–water partition coefficient (Wildman–Crippen LogP) is 9.05. The largest absolute Gasteiger partial charge is 0.394 e. The van der Waals surface area contributed by atoms with Gasteiger partial charge in [-0.2, -0.15) is 0 Å². The zero-order valence-electron chi connectivity index (χ0n) is 55.0. The summed E-state index contributed by atoms with van der Waals surface area (Å²) in [5.74, 6) is -0.296. The molecule has 3 saturated heterocycles. The standard InChI is InChI=1S/C72H121NO18/c1-3-5-7-9-11-13-15-17-18-19-20-21-22-23-24-25-26-27-28-29-30-31-32-33-34-35-36-38-40-42-44-46-48-50-60(78)73-55(56(77)49-47-45-43-41-39-37-16-14-12-10-8-6-4-2)54-86-70-66(84)63(81)68(58(52-75)88-70)91-72-67(85)64(82)69(59(53-76)89-72)90-71-65(83)62(80)61(79)57(51-74)87-71/h5,7,11-14,17-18,20-21,23-24,26-27,39,41,47,49,55-59,61-72,74-77,79-85H,3-4,6,8-10,15-16,19,22,25,28-38,40,42-46,48,50-54H2,1-2H3,(H,73,78)/b7-5-,13-11-,14-12+,18-17-,21-20-,24-23-,27-26-,41-39+,49-47+. The van der Waals surface area contributed by atoms with Gasteiger partial charge >= 0.3 is 0 Å². The molecule has 0 spiro atoms. The van der Waals surface area contributed by atoms with E-state index >= 15 is 0 Å². The third kappa shape index (κ3) is 34.6. The summed E-state index contributed by atoms with van der Waals surface area (Å²) in [6.07, 6.45) is 43.7. The first-order chi connectivity index (χ1) is 44.3. The summed E-state index contributed by atoms with van der Waals surface area (Å²) in [4.78, 5) is 13.4. The number of amides is 1. The maximum absolute atomic E-state index is 13.4. The molecule has 0 aliphatic carbocycles. The zero-order valence-corrected chi connectivity index (χ0v) is 55.0. The lowest BCUT2D eigenvalue weighted by Crippen LogP contribution is -2.66. The molecule has 3 fully saturated rings. The third-order valence-corrected chi connectivity index (χ3v) is 16.5. The molecule has 522 valence electrons. The summed E-state index contributed by atoms with van der Waals surface area (Å²) < 4.78 is 34.3. The van der Waals surface area contributed by atoms with Gasteiger partial charge in [-0.15, -0.1) is 0 Å². The number of aliphatic hydroxyl groups excluding tert-OH is 11. The molecule has 17 unspecified atom stereocenters. The van der Waals surface area contributed by atoms with Crippen LogP contribution < -0.4 is 5.32 Å². The van der Waals surface area contributed by atoms with E-state index in [1.165, 1.54) is 77.0 Å². The van der Waals surface area contributed by atoms with Gasteiger partial charge in [-0.3, -0.25) is 4.79 Å². The topological polar surface area (TPSA) is 307 Å². The number of aliphatic hydroxyl groups is 11. The molecule has 0 aromatic carbocycles. The van der Waals surface area contributed by atoms with Crippen LogP contribution in [0.4, 0.5) is 0 Å². The second-order valence-electron chi connectivity index (χ2n) is 24.2. The minimum Gasteiger partial charge on any atom is -0.394 e. The van der Waals surface area contributed by atoms with Crippen LogP contribution in [-0.2, 0) is 33.2 Å². The van der Waals surface area contributed by atoms with E-state index in [1.54, 1.807) is 6.08 Å². The molecule has 3 aliphatic rings. The Morgan fingerprint density at radius 1 is 0.407 bits per heavy atom. The van der Waals surface area contributed by atoms with Gasteiger partial charge in [0.2, 0.25) is 5.91 Å². The minimum absolute atomic E-state index is 0.225. The number of hydrogen-bond donors (Lipinski definition) is 12. The van der Waals surface area contributed by atoms with Crippen molar-refractivity contribution in [3.8, 4) is 0 Å². The van der Waals surface area contributed by atoms with E-state index in [2.05, 4.69) is 116 Å². The van der Waals surface area contributed by atoms with Crippen LogP contribution in [0.15, 0.2) is 109 Å². The number of carbonyl (C=O) groups excluding carboxylic acids is 1. The van der Waals surface area contributed by atoms with Crippen molar-refractivity contribution in [1.82, 2.24) is 5.32 Å². The number of unbranched alkanes of at least 4 members (excludes halogenated alkanes) is 19. The Kier molecular flexibility index (Phi) is 47.3. The van der Waals surface area contributed by atoms with Crippen LogP contribution in [0.5, 0.6) is 0 Å². The smallest absolute Gasteiger partial charge is 0.220 e. The van der Waals surface area contributed by atoms with Gasteiger partial charge in [-0.05, 0) is 96.3 Å². The maximum Gasteiger partial charge on any atom is 0.220 e. The van der Waals surface area contributed by atoms with Gasteiger partial charge in [0.05, 0.1) is 38.6 Å². The second-order valence-corrected chi connectivity index (χ2v) is 24.2. The summed E-state index contributed by atoms with van der Waals surface area (Å²) in [5, 5.41) is 120. The summed E-state index contributed by atoms with van der Waals surface area (Å²) in [6.45, 7) is 1.53. The number of ether oxygens (including phenoxy) is 6. The van der Waals surface area contributed by atoms with Gasteiger partial charge in [-0.1, -0.05) is 213 Å². The number of nitrogens with one attached hydrogen (secondary N) is 1. The molecule has 0 radical (unpaired) electrons. The molecule has 1 amide bonds. The van der Waals surface area contributed by atoms with Gasteiger partial charge in [0, 0.05) is 6.42 Å². The molecule has 19 heteroatoms. The van der Waals surface area contributed by atoms with E-state index in [0.29, 0.717) is 12.8 Å². The molecule has 0 bridgehead atoms. The van der Waals surface area contributed by atoms with Gasteiger partial charge < -0.3 is 89.9 Å². The van der Waals surface area contributed by atoms with Gasteiger partial charge in [0.15, 0.2) is 18.9 Å². The van der Waals surface area contributed by atoms with Gasteiger partial charge in [-0.25, -0.2) is 0 Å². The van der Waals surface area contributed by atoms with E-state index < -0.39 is 124 Å². The molecule has 19 nitrogen and oxygen atoms in total. The van der Waals surface area contributed by atoms with E-state index in [4.69, 9.17) is 28.4 Å². The van der Waals surface area contributed by atoms with Crippen molar-refractivity contribution in [2.24, 2.45) is 0 Å². The monoisotopic (exact) mass is 1290 g/mol. The lowest BCUT2D eigenvalue weighted by molar-refractivity contribution is -0.379. The fourth-order valence-corrected chi connectivity index (χ4v) is 10.9. The summed E-state index contributed by atoms with van der Waals surface area (Å²) in [7, 11) is 0. The van der Waals surface area contributed by atoms with Crippen molar-refractivity contribution in [2.75, 3.05) is 26.4 Å². The molecular formula is C72H121NO18. The third-order valence-electron chi connectivity index (χ3n) is 16.5. The number of hydrogen-bond acceptors (Lipinski definition) is 18. The Bertz CT molecular complexity index is 2070. The average Bonchev–Trinajstić information content (AvgIpc) is 0.871. The highest BCUT2D eigenvalue weighted by molar-refractivity contribution is 5.76. The van der Waals surface area contributed by atoms with Crippen molar-refractivity contribution < 1.29 is 89.4 Å². The van der Waals surface area contributed by atoms with Crippen molar-refractivity contribution in [2.45, 2.75) is 311 Å². The second kappa shape index (κ2) is 52.7. The quantitative estimate of drug-likeness (QED) is 0.0200. The molecule has 91 heavy (non-hydrogen) atoms. The number of carbonyl (C=O) groups is 1. The van der Waals surface area contributed by atoms with E-state index in [9.17, 15) is 61.0 Å². The Balaban J connectivity index is 1.37. The van der Waals surface area contributed by atoms with Crippen LogP contribution in [0.3, 0.4) is 0 Å². The highest BCUT2D eigenvalue weighted by Crippen LogP contribution is 2.33. The SMILES string of the molecule is CC/C=C\C/C=C\C/C=C\C/C=C\C/C=C\C/C=C\CCCCCCCCCCCCCCCCC(=O)NC(COC1OC(CO)C(OC2OC(CO)C(OC3OC(CO)C(O)C(O)C3O)C(O)C2O)C(O)C1O)C(O)/C=C/CC/C=C/CC/C=C/CCCCC. The molecule has 0 aromatic heterocycles. The predicted molar refractivity (Wildman–Crippen MR) is 355 cm³/mol. The van der Waals surface area contributed by atoms with Crippen LogP contribution in [0.25, 0.3) is 0 Å². The van der Waals surface area contributed by atoms with E-state index in [-0.39, 0.29) is 18.9 Å². The first-order valence-corrected chi connectivity index (χ1v) is 34.6. The molecule has 0 aromatic rings. The highest BCUT2D eigenvalue weighted by Gasteiger charge is 2.53. The van der Waals surface area contributed by atoms with E-state index in [0.717, 1.165) is 96.3 Å². The van der Waals surface area contributed by atoms with E-state index in [1.807, 2.05) is 6.08 Å². The Labute approximate surface area is 545 Å². The van der Waals surface area contributed by atoms with Crippen molar-refractivity contribution in [3.05, 3.63) is 109 Å². The van der Waals surface area contributed by atoms with Crippen molar-refractivity contribution >= 4 is 5.91 Å². The van der Waals surface area contributed by atoms with Crippen LogP contribution in [0.1, 0.15) is 206 Å². The highest BCUT2D eigenvalue weighted by atomic mass is 16.8. The van der Waals surface area contributed by atoms with Gasteiger partial charge in [0.25, 0.3) is 0 Å². The molecule has 3 rings (SSSR count). The maximum atomic E-state index is 13.4. The Hall–Kier alpha value is -3.55. The van der Waals surface area contributed by atoms with Crippen LogP contribution in [-0.4, -0.2) is 193 Å². The normalized spacial score (nSPS) is 28.6. The summed E-state index contributed by atoms with van der Waals surface area (Å²) in [5.41, 5.74) is 0. The van der Waals surface area contributed by atoms with Crippen molar-refractivity contribution in [1.29, 1.82) is 0 Å². The molecule has 3 aliphatic heterocycles. The number of rotatable bonds is 51. The molecule has 17 atom stereocenters. The van der Waals surface area contributed by atoms with Crippen LogP contribution in [0.2, 0.25) is 0 Å². The molecular weight excluding hydrogens is 1170 g/mol. The van der Waals surface area contributed by atoms with Crippen molar-refractivity contribution in [3.63, 3.8) is 0 Å². The first kappa shape index (κ1) is 81.7. The minimum atomic E-state index is -1.99. The zero-order chi connectivity index (χ0) is 66.1.